The van der Waals surface area contributed by atoms with Crippen LogP contribution in [0.3, 0.4) is 0 Å². The second-order valence-electron chi connectivity index (χ2n) is 4.42. The predicted molar refractivity (Wildman–Crippen MR) is 75.8 cm³/mol. The molecule has 17 heavy (non-hydrogen) atoms. The van der Waals surface area contributed by atoms with E-state index in [1.54, 1.807) is 6.92 Å². The molecule has 1 aromatic rings. The van der Waals surface area contributed by atoms with Crippen LogP contribution in [0, 0.1) is 0 Å². The number of thioether (sulfide) groups is 1. The van der Waals surface area contributed by atoms with Gasteiger partial charge in [0.05, 0.1) is 0 Å². The number of carbonyl (C=O) groups is 1. The predicted octanol–water partition coefficient (Wildman–Crippen LogP) is 3.97. The van der Waals surface area contributed by atoms with Gasteiger partial charge in [0.25, 0.3) is 0 Å². The maximum absolute atomic E-state index is 10.8. The van der Waals surface area contributed by atoms with Crippen LogP contribution < -0.4 is 5.32 Å². The fraction of sp³-hybridized carbons (Fsp3) is 0.500. The number of hydrogen-bond donors (Lipinski definition) is 1. The first kappa shape index (κ1) is 14.1. The van der Waals surface area contributed by atoms with E-state index in [9.17, 15) is 4.79 Å². The van der Waals surface area contributed by atoms with E-state index in [0.29, 0.717) is 11.7 Å². The molecule has 0 saturated heterocycles. The first-order valence-corrected chi connectivity index (χ1v) is 6.96. The number of Topliss-reactive ketones (excluding diaryl/α,β-unsaturated/α-hetero) is 1. The van der Waals surface area contributed by atoms with Gasteiger partial charge in [0.1, 0.15) is 5.78 Å². The van der Waals surface area contributed by atoms with Crippen molar-refractivity contribution in [1.29, 1.82) is 0 Å². The number of rotatable bonds is 7. The molecule has 1 N–H and O–H groups in total. The Labute approximate surface area is 108 Å². The van der Waals surface area contributed by atoms with Gasteiger partial charge in [-0.1, -0.05) is 13.8 Å². The maximum Gasteiger partial charge on any atom is 0.129 e. The molecule has 0 aliphatic carbocycles. The van der Waals surface area contributed by atoms with Crippen LogP contribution in [0.4, 0.5) is 5.69 Å². The molecule has 0 spiro atoms. The average molecular weight is 251 g/mol. The van der Waals surface area contributed by atoms with Crippen molar-refractivity contribution in [2.24, 2.45) is 0 Å². The van der Waals surface area contributed by atoms with Gasteiger partial charge in [-0.3, -0.25) is 0 Å². The van der Waals surface area contributed by atoms with Gasteiger partial charge in [-0.2, -0.15) is 0 Å². The molecule has 1 rings (SSSR count). The lowest BCUT2D eigenvalue weighted by atomic mass is 10.2. The van der Waals surface area contributed by atoms with Crippen LogP contribution in [-0.4, -0.2) is 17.6 Å². The minimum atomic E-state index is 0.260. The van der Waals surface area contributed by atoms with Crippen LogP contribution in [0.15, 0.2) is 29.2 Å². The molecular formula is C14H21NOS. The standard InChI is InChI=1S/C14H21NOS/c1-11(2)17-14-8-6-13(7-9-14)15-10-4-5-12(3)16/h6-9,11,15H,4-5,10H2,1-3H3. The number of nitrogens with one attached hydrogen (secondary N) is 1. The molecule has 2 nitrogen and oxygen atoms in total. The van der Waals surface area contributed by atoms with E-state index in [0.717, 1.165) is 18.7 Å². The lowest BCUT2D eigenvalue weighted by molar-refractivity contribution is -0.117. The first-order chi connectivity index (χ1) is 8.08. The number of anilines is 1. The average Bonchev–Trinajstić information content (AvgIpc) is 2.25. The lowest BCUT2D eigenvalue weighted by Gasteiger charge is -2.08. The summed E-state index contributed by atoms with van der Waals surface area (Å²) in [6.45, 7) is 6.88. The van der Waals surface area contributed by atoms with Gasteiger partial charge in [0, 0.05) is 28.8 Å². The highest BCUT2D eigenvalue weighted by Crippen LogP contribution is 2.24. The fourth-order valence-corrected chi connectivity index (χ4v) is 2.33. The Morgan fingerprint density at radius 1 is 1.29 bits per heavy atom. The molecule has 0 radical (unpaired) electrons. The number of carbonyl (C=O) groups excluding carboxylic acids is 1. The Hall–Kier alpha value is -0.960. The third-order valence-electron chi connectivity index (χ3n) is 2.26. The normalized spacial score (nSPS) is 10.6. The topological polar surface area (TPSA) is 29.1 Å². The Morgan fingerprint density at radius 3 is 2.47 bits per heavy atom. The third-order valence-corrected chi connectivity index (χ3v) is 3.28. The number of hydrogen-bond acceptors (Lipinski definition) is 3. The highest BCUT2D eigenvalue weighted by molar-refractivity contribution is 7.99. The van der Waals surface area contributed by atoms with Gasteiger partial charge in [0.15, 0.2) is 0 Å². The molecule has 0 aliphatic heterocycles. The summed E-state index contributed by atoms with van der Waals surface area (Å²) in [7, 11) is 0. The lowest BCUT2D eigenvalue weighted by Crippen LogP contribution is -2.03. The van der Waals surface area contributed by atoms with Gasteiger partial charge in [-0.15, -0.1) is 11.8 Å². The summed E-state index contributed by atoms with van der Waals surface area (Å²) < 4.78 is 0. The Kier molecular flexibility index (Phi) is 6.12. The van der Waals surface area contributed by atoms with Crippen LogP contribution in [0.1, 0.15) is 33.6 Å². The molecular weight excluding hydrogens is 230 g/mol. The van der Waals surface area contributed by atoms with Crippen molar-refractivity contribution in [3.8, 4) is 0 Å². The van der Waals surface area contributed by atoms with E-state index in [1.807, 2.05) is 11.8 Å². The molecule has 0 atom stereocenters. The third kappa shape index (κ3) is 6.37. The zero-order chi connectivity index (χ0) is 12.7. The molecule has 0 aromatic heterocycles. The Bertz CT molecular complexity index is 346. The van der Waals surface area contributed by atoms with Gasteiger partial charge >= 0.3 is 0 Å². The minimum absolute atomic E-state index is 0.260. The molecule has 0 bridgehead atoms. The van der Waals surface area contributed by atoms with Gasteiger partial charge < -0.3 is 10.1 Å². The number of benzene rings is 1. The second kappa shape index (κ2) is 7.38. The summed E-state index contributed by atoms with van der Waals surface area (Å²) in [4.78, 5) is 12.1. The molecule has 0 unspecified atom stereocenters. The van der Waals surface area contributed by atoms with Crippen molar-refractivity contribution in [3.63, 3.8) is 0 Å². The molecule has 0 aliphatic rings. The molecule has 0 fully saturated rings. The second-order valence-corrected chi connectivity index (χ2v) is 6.07. The van der Waals surface area contributed by atoms with E-state index >= 15 is 0 Å². The van der Waals surface area contributed by atoms with E-state index in [-0.39, 0.29) is 5.78 Å². The van der Waals surface area contributed by atoms with Crippen molar-refractivity contribution >= 4 is 23.2 Å². The van der Waals surface area contributed by atoms with Crippen LogP contribution >= 0.6 is 11.8 Å². The van der Waals surface area contributed by atoms with Crippen molar-refractivity contribution in [2.75, 3.05) is 11.9 Å². The van der Waals surface area contributed by atoms with Crippen molar-refractivity contribution in [2.45, 2.75) is 43.8 Å². The highest BCUT2D eigenvalue weighted by atomic mass is 32.2. The van der Waals surface area contributed by atoms with Crippen molar-refractivity contribution < 1.29 is 4.79 Å². The highest BCUT2D eigenvalue weighted by Gasteiger charge is 1.98. The summed E-state index contributed by atoms with van der Waals surface area (Å²) >= 11 is 1.87. The van der Waals surface area contributed by atoms with Crippen LogP contribution in [0.2, 0.25) is 0 Å². The van der Waals surface area contributed by atoms with Crippen LogP contribution in [0.25, 0.3) is 0 Å². The molecule has 1 aromatic carbocycles. The largest absolute Gasteiger partial charge is 0.385 e. The quantitative estimate of drug-likeness (QED) is 0.587. The monoisotopic (exact) mass is 251 g/mol. The molecule has 3 heteroatoms. The number of ketones is 1. The van der Waals surface area contributed by atoms with E-state index in [4.69, 9.17) is 0 Å². The first-order valence-electron chi connectivity index (χ1n) is 6.08. The minimum Gasteiger partial charge on any atom is -0.385 e. The smallest absolute Gasteiger partial charge is 0.129 e. The van der Waals surface area contributed by atoms with Gasteiger partial charge in [-0.25, -0.2) is 0 Å². The molecule has 0 heterocycles. The summed E-state index contributed by atoms with van der Waals surface area (Å²) in [5.41, 5.74) is 1.13. The zero-order valence-corrected chi connectivity index (χ0v) is 11.6. The fourth-order valence-electron chi connectivity index (χ4n) is 1.49. The van der Waals surface area contributed by atoms with Crippen LogP contribution in [0.5, 0.6) is 0 Å². The van der Waals surface area contributed by atoms with Gasteiger partial charge in [0.2, 0.25) is 0 Å². The Balaban J connectivity index is 2.32. The Morgan fingerprint density at radius 2 is 1.94 bits per heavy atom. The SMILES string of the molecule is CC(=O)CCCNc1ccc(SC(C)C)cc1. The van der Waals surface area contributed by atoms with Crippen LogP contribution in [-0.2, 0) is 4.79 Å². The van der Waals surface area contributed by atoms with E-state index in [1.165, 1.54) is 4.90 Å². The summed E-state index contributed by atoms with van der Waals surface area (Å²) in [5, 5.41) is 3.93. The molecule has 0 saturated carbocycles. The van der Waals surface area contributed by atoms with Crippen molar-refractivity contribution in [3.05, 3.63) is 24.3 Å². The summed E-state index contributed by atoms with van der Waals surface area (Å²) in [6.07, 6.45) is 1.56. The van der Waals surface area contributed by atoms with Crippen molar-refractivity contribution in [1.82, 2.24) is 0 Å². The summed E-state index contributed by atoms with van der Waals surface area (Å²) in [6, 6.07) is 8.47. The summed E-state index contributed by atoms with van der Waals surface area (Å²) in [5.74, 6) is 0.260. The zero-order valence-electron chi connectivity index (χ0n) is 10.8. The molecule has 94 valence electrons. The van der Waals surface area contributed by atoms with Gasteiger partial charge in [-0.05, 0) is 37.6 Å². The van der Waals surface area contributed by atoms with E-state index in [2.05, 4.69) is 43.4 Å². The maximum atomic E-state index is 10.8. The molecule has 0 amide bonds. The van der Waals surface area contributed by atoms with E-state index < -0.39 is 0 Å².